The Labute approximate surface area is 148 Å². The minimum absolute atomic E-state index is 0.343. The van der Waals surface area contributed by atoms with Crippen molar-refractivity contribution >= 4 is 34.1 Å². The number of aromatic nitrogens is 1. The highest BCUT2D eigenvalue weighted by molar-refractivity contribution is 6.31. The molecule has 1 unspecified atom stereocenters. The van der Waals surface area contributed by atoms with Crippen LogP contribution in [0.1, 0.15) is 17.7 Å². The third-order valence-corrected chi connectivity index (χ3v) is 4.97. The fourth-order valence-electron chi connectivity index (χ4n) is 3.46. The number of hydrogen-bond donors (Lipinski definition) is 2. The van der Waals surface area contributed by atoms with Crippen LogP contribution >= 0.6 is 11.6 Å². The Kier molecular flexibility index (Phi) is 3.96. The summed E-state index contributed by atoms with van der Waals surface area (Å²) >= 11 is 6.08. The van der Waals surface area contributed by atoms with Gasteiger partial charge in [-0.2, -0.15) is 0 Å². The van der Waals surface area contributed by atoms with Crippen LogP contribution in [0.3, 0.4) is 0 Å². The molecule has 0 saturated carbocycles. The van der Waals surface area contributed by atoms with Crippen LogP contribution in [0.2, 0.25) is 5.02 Å². The van der Waals surface area contributed by atoms with E-state index < -0.39 is 11.6 Å². The Morgan fingerprint density at radius 1 is 1.20 bits per heavy atom. The maximum atomic E-state index is 13.7. The van der Waals surface area contributed by atoms with E-state index in [0.717, 1.165) is 34.3 Å². The quantitative estimate of drug-likeness (QED) is 0.674. The first-order chi connectivity index (χ1) is 12.0. The van der Waals surface area contributed by atoms with Crippen LogP contribution in [0.25, 0.3) is 10.9 Å². The average molecular weight is 361 g/mol. The van der Waals surface area contributed by atoms with Gasteiger partial charge in [-0.25, -0.2) is 8.78 Å². The van der Waals surface area contributed by atoms with Gasteiger partial charge in [0.1, 0.15) is 17.3 Å². The molecule has 1 aliphatic carbocycles. The summed E-state index contributed by atoms with van der Waals surface area (Å²) in [5.74, 6) is -2.26. The van der Waals surface area contributed by atoms with Crippen LogP contribution in [0.15, 0.2) is 36.4 Å². The Hall–Kier alpha value is -2.40. The first kappa shape index (κ1) is 16.1. The highest BCUT2D eigenvalue weighted by Crippen LogP contribution is 2.34. The van der Waals surface area contributed by atoms with Crippen molar-refractivity contribution in [2.75, 3.05) is 5.32 Å². The van der Waals surface area contributed by atoms with Gasteiger partial charge in [0.2, 0.25) is 5.91 Å². The predicted molar refractivity (Wildman–Crippen MR) is 93.8 cm³/mol. The molecule has 0 bridgehead atoms. The summed E-state index contributed by atoms with van der Waals surface area (Å²) in [4.78, 5) is 15.9. The van der Waals surface area contributed by atoms with E-state index in [9.17, 15) is 13.6 Å². The number of nitrogens with one attached hydrogen (secondary N) is 2. The molecule has 3 aromatic rings. The number of para-hydroxylation sites is 1. The summed E-state index contributed by atoms with van der Waals surface area (Å²) in [7, 11) is 0. The van der Waals surface area contributed by atoms with Gasteiger partial charge in [0, 0.05) is 27.5 Å². The van der Waals surface area contributed by atoms with Crippen molar-refractivity contribution in [3.8, 4) is 0 Å². The lowest BCUT2D eigenvalue weighted by atomic mass is 9.85. The molecule has 0 spiro atoms. The summed E-state index contributed by atoms with van der Waals surface area (Å²) in [5, 5.41) is 4.04. The van der Waals surface area contributed by atoms with Gasteiger partial charge in [-0.05, 0) is 55.2 Å². The lowest BCUT2D eigenvalue weighted by Gasteiger charge is -2.22. The molecular weight excluding hydrogens is 346 g/mol. The first-order valence-corrected chi connectivity index (χ1v) is 8.44. The van der Waals surface area contributed by atoms with Gasteiger partial charge in [0.15, 0.2) is 0 Å². The Bertz CT molecular complexity index is 963. The SMILES string of the molecule is O=C(Nc1c(F)cccc1F)C1CCc2[nH]c3ccc(Cl)cc3c2C1. The van der Waals surface area contributed by atoms with Crippen LogP contribution in [-0.4, -0.2) is 10.9 Å². The molecule has 0 fully saturated rings. The van der Waals surface area contributed by atoms with E-state index >= 15 is 0 Å². The van der Waals surface area contributed by atoms with Gasteiger partial charge in [-0.3, -0.25) is 4.79 Å². The molecule has 4 rings (SSSR count). The zero-order valence-electron chi connectivity index (χ0n) is 13.2. The third kappa shape index (κ3) is 2.89. The van der Waals surface area contributed by atoms with Crippen LogP contribution in [0, 0.1) is 17.6 Å². The Balaban J connectivity index is 1.60. The van der Waals surface area contributed by atoms with Gasteiger partial charge in [-0.1, -0.05) is 17.7 Å². The predicted octanol–water partition coefficient (Wildman–Crippen LogP) is 4.84. The van der Waals surface area contributed by atoms with Gasteiger partial charge in [0.05, 0.1) is 0 Å². The normalized spacial score (nSPS) is 16.7. The fraction of sp³-hybridized carbons (Fsp3) is 0.211. The topological polar surface area (TPSA) is 44.9 Å². The molecule has 25 heavy (non-hydrogen) atoms. The standard InChI is InChI=1S/C19H15ClF2N2O/c20-11-5-7-17-13(9-11)12-8-10(4-6-16(12)23-17)19(25)24-18-14(21)2-1-3-15(18)22/h1-3,5,7,9-10,23H,4,6,8H2,(H,24,25). The second-order valence-corrected chi connectivity index (χ2v) is 6.73. The van der Waals surface area contributed by atoms with Gasteiger partial charge >= 0.3 is 0 Å². The number of carbonyl (C=O) groups excluding carboxylic acids is 1. The maximum absolute atomic E-state index is 13.7. The fourth-order valence-corrected chi connectivity index (χ4v) is 3.63. The number of amides is 1. The smallest absolute Gasteiger partial charge is 0.227 e. The molecule has 2 N–H and O–H groups in total. The number of hydrogen-bond acceptors (Lipinski definition) is 1. The van der Waals surface area contributed by atoms with Crippen LogP contribution in [0.4, 0.5) is 14.5 Å². The highest BCUT2D eigenvalue weighted by atomic mass is 35.5. The van der Waals surface area contributed by atoms with Crippen molar-refractivity contribution in [1.29, 1.82) is 0 Å². The molecule has 2 aromatic carbocycles. The lowest BCUT2D eigenvalue weighted by Crippen LogP contribution is -2.28. The monoisotopic (exact) mass is 360 g/mol. The molecular formula is C19H15ClF2N2O. The van der Waals surface area contributed by atoms with Crippen LogP contribution < -0.4 is 5.32 Å². The van der Waals surface area contributed by atoms with Gasteiger partial charge in [0.25, 0.3) is 0 Å². The third-order valence-electron chi connectivity index (χ3n) is 4.73. The van der Waals surface area contributed by atoms with E-state index in [2.05, 4.69) is 10.3 Å². The average Bonchev–Trinajstić information content (AvgIpc) is 2.95. The van der Waals surface area contributed by atoms with Crippen molar-refractivity contribution in [3.63, 3.8) is 0 Å². The lowest BCUT2D eigenvalue weighted by molar-refractivity contribution is -0.120. The van der Waals surface area contributed by atoms with E-state index in [4.69, 9.17) is 11.6 Å². The van der Waals surface area contributed by atoms with E-state index in [1.165, 1.54) is 6.07 Å². The molecule has 1 heterocycles. The van der Waals surface area contributed by atoms with Crippen LogP contribution in [-0.2, 0) is 17.6 Å². The van der Waals surface area contributed by atoms with Crippen molar-refractivity contribution in [3.05, 3.63) is 64.3 Å². The molecule has 0 saturated heterocycles. The van der Waals surface area contributed by atoms with Crippen LogP contribution in [0.5, 0.6) is 0 Å². The summed E-state index contributed by atoms with van der Waals surface area (Å²) in [5.41, 5.74) is 2.74. The number of anilines is 1. The zero-order chi connectivity index (χ0) is 17.6. The number of fused-ring (bicyclic) bond motifs is 3. The number of aryl methyl sites for hydroxylation is 1. The van der Waals surface area contributed by atoms with Crippen molar-refractivity contribution in [2.45, 2.75) is 19.3 Å². The van der Waals surface area contributed by atoms with Gasteiger partial charge < -0.3 is 10.3 Å². The summed E-state index contributed by atoms with van der Waals surface area (Å²) in [6.07, 6.45) is 1.84. The Morgan fingerprint density at radius 3 is 2.72 bits per heavy atom. The molecule has 0 aliphatic heterocycles. The van der Waals surface area contributed by atoms with Crippen molar-refractivity contribution < 1.29 is 13.6 Å². The second-order valence-electron chi connectivity index (χ2n) is 6.30. The maximum Gasteiger partial charge on any atom is 0.227 e. The van der Waals surface area contributed by atoms with E-state index in [-0.39, 0.29) is 17.5 Å². The molecule has 3 nitrogen and oxygen atoms in total. The molecule has 1 aromatic heterocycles. The van der Waals surface area contributed by atoms with E-state index in [1.807, 2.05) is 18.2 Å². The summed E-state index contributed by atoms with van der Waals surface area (Å²) in [6.45, 7) is 0. The molecule has 0 radical (unpaired) electrons. The van der Waals surface area contributed by atoms with Crippen molar-refractivity contribution in [2.24, 2.45) is 5.92 Å². The number of benzene rings is 2. The van der Waals surface area contributed by atoms with Gasteiger partial charge in [-0.15, -0.1) is 0 Å². The number of rotatable bonds is 2. The summed E-state index contributed by atoms with van der Waals surface area (Å²) < 4.78 is 27.5. The molecule has 6 heteroatoms. The number of aromatic amines is 1. The number of carbonyl (C=O) groups is 1. The largest absolute Gasteiger partial charge is 0.358 e. The summed E-state index contributed by atoms with van der Waals surface area (Å²) in [6, 6.07) is 9.13. The molecule has 1 amide bonds. The first-order valence-electron chi connectivity index (χ1n) is 8.07. The minimum Gasteiger partial charge on any atom is -0.358 e. The van der Waals surface area contributed by atoms with Crippen molar-refractivity contribution in [1.82, 2.24) is 4.98 Å². The molecule has 1 aliphatic rings. The number of halogens is 3. The minimum atomic E-state index is -0.774. The Morgan fingerprint density at radius 2 is 1.96 bits per heavy atom. The highest BCUT2D eigenvalue weighted by Gasteiger charge is 2.28. The van der Waals surface area contributed by atoms with E-state index in [0.29, 0.717) is 24.3 Å². The van der Waals surface area contributed by atoms with E-state index in [1.54, 1.807) is 0 Å². The zero-order valence-corrected chi connectivity index (χ0v) is 14.0. The molecule has 128 valence electrons. The molecule has 1 atom stereocenters. The second kappa shape index (κ2) is 6.15. The number of H-pyrrole nitrogens is 1.